The van der Waals surface area contributed by atoms with E-state index in [1.807, 2.05) is 0 Å². The Morgan fingerprint density at radius 3 is 2.47 bits per heavy atom. The molecule has 0 aromatic heterocycles. The Bertz CT molecular complexity index is 321. The molecule has 0 aliphatic carbocycles. The van der Waals surface area contributed by atoms with Gasteiger partial charge in [-0.05, 0) is 25.7 Å². The van der Waals surface area contributed by atoms with Crippen LogP contribution < -0.4 is 0 Å². The largest absolute Gasteiger partial charge is 0.481 e. The summed E-state index contributed by atoms with van der Waals surface area (Å²) in [6.07, 6.45) is 3.17. The molecule has 0 bridgehead atoms. The van der Waals surface area contributed by atoms with Crippen molar-refractivity contribution in [2.45, 2.75) is 44.3 Å². The zero-order valence-corrected chi connectivity index (χ0v) is 11.0. The van der Waals surface area contributed by atoms with Crippen LogP contribution in [-0.2, 0) is 19.1 Å². The van der Waals surface area contributed by atoms with Gasteiger partial charge in [0.05, 0.1) is 12.5 Å². The van der Waals surface area contributed by atoms with Crippen molar-refractivity contribution in [3.8, 4) is 0 Å². The van der Waals surface area contributed by atoms with E-state index in [1.165, 1.54) is 0 Å². The van der Waals surface area contributed by atoms with E-state index in [1.54, 1.807) is 4.90 Å². The van der Waals surface area contributed by atoms with Crippen molar-refractivity contribution in [1.29, 1.82) is 0 Å². The maximum atomic E-state index is 12.3. The van der Waals surface area contributed by atoms with Crippen LogP contribution in [0.2, 0.25) is 0 Å². The molecule has 0 aromatic rings. The number of nitrogens with zero attached hydrogens (tertiary/aromatic N) is 1. The van der Waals surface area contributed by atoms with E-state index < -0.39 is 12.1 Å². The van der Waals surface area contributed by atoms with Crippen LogP contribution in [0.15, 0.2) is 0 Å². The molecule has 0 saturated carbocycles. The third-order valence-electron chi connectivity index (χ3n) is 3.56. The summed E-state index contributed by atoms with van der Waals surface area (Å²) in [6.45, 7) is 2.05. The molecule has 19 heavy (non-hydrogen) atoms. The summed E-state index contributed by atoms with van der Waals surface area (Å²) in [7, 11) is 0. The lowest BCUT2D eigenvalue weighted by Gasteiger charge is -2.27. The number of aliphatic carboxylic acids is 1. The van der Waals surface area contributed by atoms with Gasteiger partial charge in [-0.3, -0.25) is 9.59 Å². The van der Waals surface area contributed by atoms with Gasteiger partial charge >= 0.3 is 5.97 Å². The molecule has 2 heterocycles. The Kier molecular flexibility index (Phi) is 5.15. The molecule has 0 radical (unpaired) electrons. The molecule has 0 unspecified atom stereocenters. The summed E-state index contributed by atoms with van der Waals surface area (Å²) in [4.78, 5) is 24.6. The molecule has 2 fully saturated rings. The summed E-state index contributed by atoms with van der Waals surface area (Å²) in [5.41, 5.74) is 0. The lowest BCUT2D eigenvalue weighted by molar-refractivity contribution is -0.144. The minimum Gasteiger partial charge on any atom is -0.481 e. The standard InChI is InChI=1S/C13H21NO5/c15-12(16)5-6-14(9-10-3-1-7-18-10)13(17)11-4-2-8-19-11/h10-11H,1-9H2,(H,15,16)/t10-,11+/m1/s1. The van der Waals surface area contributed by atoms with Gasteiger partial charge in [0.2, 0.25) is 0 Å². The van der Waals surface area contributed by atoms with Crippen molar-refractivity contribution in [2.75, 3.05) is 26.3 Å². The molecule has 1 N–H and O–H groups in total. The predicted octanol–water partition coefficient (Wildman–Crippen LogP) is 0.648. The molecule has 0 spiro atoms. The Morgan fingerprint density at radius 1 is 1.16 bits per heavy atom. The number of carbonyl (C=O) groups is 2. The highest BCUT2D eigenvalue weighted by atomic mass is 16.5. The third kappa shape index (κ3) is 4.18. The molecular weight excluding hydrogens is 250 g/mol. The van der Waals surface area contributed by atoms with Crippen molar-refractivity contribution in [1.82, 2.24) is 4.90 Å². The van der Waals surface area contributed by atoms with Crippen molar-refractivity contribution >= 4 is 11.9 Å². The van der Waals surface area contributed by atoms with E-state index in [4.69, 9.17) is 14.6 Å². The highest BCUT2D eigenvalue weighted by Crippen LogP contribution is 2.18. The summed E-state index contributed by atoms with van der Waals surface area (Å²) in [5, 5.41) is 8.77. The molecule has 0 aromatic carbocycles. The van der Waals surface area contributed by atoms with Crippen LogP contribution >= 0.6 is 0 Å². The SMILES string of the molecule is O=C(O)CCN(C[C@H]1CCCO1)C(=O)[C@@H]1CCCO1. The fourth-order valence-corrected chi connectivity index (χ4v) is 2.53. The van der Waals surface area contributed by atoms with Crippen molar-refractivity contribution in [2.24, 2.45) is 0 Å². The fourth-order valence-electron chi connectivity index (χ4n) is 2.53. The van der Waals surface area contributed by atoms with Crippen LogP contribution in [0.1, 0.15) is 32.1 Å². The first-order chi connectivity index (χ1) is 9.16. The van der Waals surface area contributed by atoms with Crippen LogP contribution in [0, 0.1) is 0 Å². The molecule has 2 atom stereocenters. The summed E-state index contributed by atoms with van der Waals surface area (Å²) in [6, 6.07) is 0. The molecule has 2 aliphatic rings. The highest BCUT2D eigenvalue weighted by molar-refractivity contribution is 5.81. The normalized spacial score (nSPS) is 26.5. The first kappa shape index (κ1) is 14.3. The number of carboxylic acid groups (broad SMARTS) is 1. The maximum Gasteiger partial charge on any atom is 0.305 e. The maximum absolute atomic E-state index is 12.3. The number of carbonyl (C=O) groups excluding carboxylic acids is 1. The van der Waals surface area contributed by atoms with E-state index in [9.17, 15) is 9.59 Å². The van der Waals surface area contributed by atoms with Crippen LogP contribution in [0.3, 0.4) is 0 Å². The Balaban J connectivity index is 1.90. The van der Waals surface area contributed by atoms with Gasteiger partial charge in [-0.1, -0.05) is 0 Å². The van der Waals surface area contributed by atoms with Crippen LogP contribution in [0.5, 0.6) is 0 Å². The van der Waals surface area contributed by atoms with Gasteiger partial charge in [0.1, 0.15) is 6.10 Å². The van der Waals surface area contributed by atoms with E-state index in [0.717, 1.165) is 32.3 Å². The summed E-state index contributed by atoms with van der Waals surface area (Å²) < 4.78 is 10.9. The fraction of sp³-hybridized carbons (Fsp3) is 0.846. The number of ether oxygens (including phenoxy) is 2. The molecule has 6 heteroatoms. The van der Waals surface area contributed by atoms with Crippen LogP contribution in [0.4, 0.5) is 0 Å². The summed E-state index contributed by atoms with van der Waals surface area (Å²) in [5.74, 6) is -0.980. The van der Waals surface area contributed by atoms with Crippen molar-refractivity contribution < 1.29 is 24.2 Å². The predicted molar refractivity (Wildman–Crippen MR) is 66.8 cm³/mol. The van der Waals surface area contributed by atoms with Crippen LogP contribution in [-0.4, -0.2) is 60.4 Å². The first-order valence-electron chi connectivity index (χ1n) is 6.90. The molecule has 6 nitrogen and oxygen atoms in total. The second kappa shape index (κ2) is 6.86. The van der Waals surface area contributed by atoms with Crippen LogP contribution in [0.25, 0.3) is 0 Å². The van der Waals surface area contributed by atoms with Crippen molar-refractivity contribution in [3.63, 3.8) is 0 Å². The Hall–Kier alpha value is -1.14. The molecule has 1 amide bonds. The molecular formula is C13H21NO5. The molecule has 2 aliphatic heterocycles. The lowest BCUT2D eigenvalue weighted by atomic mass is 10.1. The van der Waals surface area contributed by atoms with Crippen molar-refractivity contribution in [3.05, 3.63) is 0 Å². The Labute approximate surface area is 112 Å². The number of hydrogen-bond acceptors (Lipinski definition) is 4. The number of hydrogen-bond donors (Lipinski definition) is 1. The zero-order chi connectivity index (χ0) is 13.7. The minimum absolute atomic E-state index is 0.0365. The van der Waals surface area contributed by atoms with Gasteiger partial charge in [-0.15, -0.1) is 0 Å². The highest BCUT2D eigenvalue weighted by Gasteiger charge is 2.30. The summed E-state index contributed by atoms with van der Waals surface area (Å²) >= 11 is 0. The van der Waals surface area contributed by atoms with E-state index in [-0.39, 0.29) is 25.0 Å². The van der Waals surface area contributed by atoms with E-state index in [0.29, 0.717) is 13.2 Å². The van der Waals surface area contributed by atoms with Gasteiger partial charge < -0.3 is 19.5 Å². The van der Waals surface area contributed by atoms with E-state index in [2.05, 4.69) is 0 Å². The van der Waals surface area contributed by atoms with E-state index >= 15 is 0 Å². The van der Waals surface area contributed by atoms with Gasteiger partial charge in [0, 0.05) is 26.3 Å². The first-order valence-corrected chi connectivity index (χ1v) is 6.90. The van der Waals surface area contributed by atoms with Gasteiger partial charge in [0.25, 0.3) is 5.91 Å². The second-order valence-electron chi connectivity index (χ2n) is 5.06. The smallest absolute Gasteiger partial charge is 0.305 e. The number of carboxylic acids is 1. The molecule has 2 rings (SSSR count). The number of amides is 1. The monoisotopic (exact) mass is 271 g/mol. The zero-order valence-electron chi connectivity index (χ0n) is 11.0. The topological polar surface area (TPSA) is 76.1 Å². The van der Waals surface area contributed by atoms with Gasteiger partial charge in [-0.25, -0.2) is 0 Å². The minimum atomic E-state index is -0.891. The Morgan fingerprint density at radius 2 is 1.89 bits per heavy atom. The quantitative estimate of drug-likeness (QED) is 0.767. The molecule has 2 saturated heterocycles. The van der Waals surface area contributed by atoms with Gasteiger partial charge in [0.15, 0.2) is 0 Å². The second-order valence-corrected chi connectivity index (χ2v) is 5.06. The van der Waals surface area contributed by atoms with Gasteiger partial charge in [-0.2, -0.15) is 0 Å². The number of rotatable bonds is 6. The average Bonchev–Trinajstić information content (AvgIpc) is 3.06. The average molecular weight is 271 g/mol. The lowest BCUT2D eigenvalue weighted by Crippen LogP contribution is -2.44. The third-order valence-corrected chi connectivity index (χ3v) is 3.56. The molecule has 108 valence electrons.